The van der Waals surface area contributed by atoms with Gasteiger partial charge in [0.05, 0.1) is 33.5 Å². The summed E-state index contributed by atoms with van der Waals surface area (Å²) in [5.74, 6) is 0. The van der Waals surface area contributed by atoms with Crippen molar-refractivity contribution in [3.8, 4) is 61.6 Å². The van der Waals surface area contributed by atoms with Gasteiger partial charge in [-0.05, 0) is 110 Å². The average Bonchev–Trinajstić information content (AvgIpc) is 3.69. The van der Waals surface area contributed by atoms with Gasteiger partial charge in [-0.2, -0.15) is 0 Å². The van der Waals surface area contributed by atoms with Crippen LogP contribution in [0.15, 0.2) is 224 Å². The molecule has 2 heterocycles. The Labute approximate surface area is 353 Å². The van der Waals surface area contributed by atoms with E-state index < -0.39 is 0 Å². The van der Waals surface area contributed by atoms with Crippen molar-refractivity contribution in [2.24, 2.45) is 0 Å². The zero-order chi connectivity index (χ0) is 40.3. The van der Waals surface area contributed by atoms with Gasteiger partial charge in [-0.3, -0.25) is 0 Å². The maximum absolute atomic E-state index is 5.28. The highest BCUT2D eigenvalue weighted by molar-refractivity contribution is 6.28. The number of benzene rings is 10. The maximum atomic E-state index is 5.28. The molecule has 3 heteroatoms. The largest absolute Gasteiger partial charge is 0.309 e. The first-order chi connectivity index (χ1) is 30.2. The maximum Gasteiger partial charge on any atom is 0.0973 e. The lowest BCUT2D eigenvalue weighted by Gasteiger charge is -2.14. The van der Waals surface area contributed by atoms with Crippen molar-refractivity contribution in [1.82, 2.24) is 14.5 Å². The van der Waals surface area contributed by atoms with Crippen molar-refractivity contribution in [1.29, 1.82) is 0 Å². The number of hydrogen-bond donors (Lipinski definition) is 0. The molecule has 0 atom stereocenters. The lowest BCUT2D eigenvalue weighted by atomic mass is 9.92. The molecule has 12 rings (SSSR count). The number of hydrogen-bond acceptors (Lipinski definition) is 2. The molecule has 0 aliphatic carbocycles. The standard InChI is InChI=1S/C58H37N3/c1-3-13-38(14-4-1)45-35-46(39-15-5-2-6-16-39)37-47(36-45)40-23-25-43(26-24-40)57-58(60-52-22-12-11-21-51(52)59-57)44-27-31-48(32-28-44)61-53-33-29-41-17-7-9-19-49(41)55(53)56-50-20-10-8-18-42(50)30-34-54(56)61/h1-37H. The fraction of sp³-hybridized carbons (Fsp3) is 0. The molecule has 284 valence electrons. The first-order valence-electron chi connectivity index (χ1n) is 20.8. The summed E-state index contributed by atoms with van der Waals surface area (Å²) in [7, 11) is 0. The molecule has 0 radical (unpaired) electrons. The third-order valence-corrected chi connectivity index (χ3v) is 12.2. The normalized spacial score (nSPS) is 11.6. The van der Waals surface area contributed by atoms with Gasteiger partial charge < -0.3 is 4.57 Å². The van der Waals surface area contributed by atoms with Crippen LogP contribution in [0.5, 0.6) is 0 Å². The Morgan fingerprint density at radius 1 is 0.279 bits per heavy atom. The molecule has 0 N–H and O–H groups in total. The minimum absolute atomic E-state index is 0.856. The first-order valence-corrected chi connectivity index (χ1v) is 20.8. The second-order valence-corrected chi connectivity index (χ2v) is 15.8. The molecule has 0 unspecified atom stereocenters. The molecule has 0 aliphatic heterocycles. The third-order valence-electron chi connectivity index (χ3n) is 12.2. The number of aromatic nitrogens is 3. The van der Waals surface area contributed by atoms with Crippen LogP contribution in [0, 0.1) is 0 Å². The van der Waals surface area contributed by atoms with Gasteiger partial charge in [0.25, 0.3) is 0 Å². The van der Waals surface area contributed by atoms with E-state index in [1.165, 1.54) is 71.2 Å². The van der Waals surface area contributed by atoms with E-state index in [0.29, 0.717) is 0 Å². The van der Waals surface area contributed by atoms with Crippen LogP contribution in [0.4, 0.5) is 0 Å². The summed E-state index contributed by atoms with van der Waals surface area (Å²) in [6, 6.07) is 80.4. The van der Waals surface area contributed by atoms with E-state index in [1.807, 2.05) is 24.3 Å². The van der Waals surface area contributed by atoms with Crippen molar-refractivity contribution < 1.29 is 0 Å². The minimum Gasteiger partial charge on any atom is -0.309 e. The number of rotatable bonds is 6. The highest BCUT2D eigenvalue weighted by Gasteiger charge is 2.19. The molecule has 10 aromatic carbocycles. The van der Waals surface area contributed by atoms with Crippen LogP contribution in [-0.4, -0.2) is 14.5 Å². The molecule has 61 heavy (non-hydrogen) atoms. The Kier molecular flexibility index (Phi) is 8.17. The number of nitrogens with zero attached hydrogens (tertiary/aromatic N) is 3. The van der Waals surface area contributed by atoms with E-state index in [-0.39, 0.29) is 0 Å². The Bertz CT molecular complexity index is 3460. The molecular weight excluding hydrogens is 739 g/mol. The summed E-state index contributed by atoms with van der Waals surface area (Å²) < 4.78 is 2.41. The van der Waals surface area contributed by atoms with Crippen LogP contribution in [0.1, 0.15) is 0 Å². The fourth-order valence-corrected chi connectivity index (χ4v) is 9.21. The number of para-hydroxylation sites is 2. The van der Waals surface area contributed by atoms with E-state index in [9.17, 15) is 0 Å². The van der Waals surface area contributed by atoms with Crippen molar-refractivity contribution >= 4 is 54.4 Å². The zero-order valence-corrected chi connectivity index (χ0v) is 33.2. The Hall–Kier alpha value is -8.14. The van der Waals surface area contributed by atoms with Gasteiger partial charge in [-0.25, -0.2) is 9.97 Å². The van der Waals surface area contributed by atoms with Gasteiger partial charge >= 0.3 is 0 Å². The van der Waals surface area contributed by atoms with Gasteiger partial charge in [0.1, 0.15) is 0 Å². The Morgan fingerprint density at radius 3 is 1.13 bits per heavy atom. The molecular formula is C58H37N3. The molecule has 2 aromatic heterocycles. The molecule has 0 spiro atoms. The molecule has 3 nitrogen and oxygen atoms in total. The zero-order valence-electron chi connectivity index (χ0n) is 33.2. The molecule has 0 saturated heterocycles. The second-order valence-electron chi connectivity index (χ2n) is 15.8. The van der Waals surface area contributed by atoms with Crippen LogP contribution in [0.3, 0.4) is 0 Å². The quantitative estimate of drug-likeness (QED) is 0.168. The number of fused-ring (bicyclic) bond motifs is 8. The predicted octanol–water partition coefficient (Wildman–Crippen LogP) is 15.4. The van der Waals surface area contributed by atoms with E-state index in [0.717, 1.165) is 44.8 Å². The lowest BCUT2D eigenvalue weighted by Crippen LogP contribution is -1.97. The fourth-order valence-electron chi connectivity index (χ4n) is 9.21. The van der Waals surface area contributed by atoms with Gasteiger partial charge in [-0.15, -0.1) is 0 Å². The summed E-state index contributed by atoms with van der Waals surface area (Å²) in [5, 5.41) is 7.57. The molecule has 0 amide bonds. The Balaban J connectivity index is 0.975. The summed E-state index contributed by atoms with van der Waals surface area (Å²) in [6.07, 6.45) is 0. The van der Waals surface area contributed by atoms with E-state index in [4.69, 9.17) is 9.97 Å². The van der Waals surface area contributed by atoms with E-state index in [1.54, 1.807) is 0 Å². The van der Waals surface area contributed by atoms with E-state index >= 15 is 0 Å². The second kappa shape index (κ2) is 14.3. The van der Waals surface area contributed by atoms with Gasteiger partial charge in [0.15, 0.2) is 0 Å². The Morgan fingerprint density at radius 2 is 0.656 bits per heavy atom. The van der Waals surface area contributed by atoms with Gasteiger partial charge in [0, 0.05) is 27.6 Å². The third kappa shape index (κ3) is 5.98. The van der Waals surface area contributed by atoms with Crippen LogP contribution in [0.2, 0.25) is 0 Å². The summed E-state index contributed by atoms with van der Waals surface area (Å²) >= 11 is 0. The van der Waals surface area contributed by atoms with Crippen LogP contribution in [0.25, 0.3) is 116 Å². The molecule has 12 aromatic rings. The van der Waals surface area contributed by atoms with Crippen LogP contribution >= 0.6 is 0 Å². The van der Waals surface area contributed by atoms with E-state index in [2.05, 4.69) is 205 Å². The highest BCUT2D eigenvalue weighted by Crippen LogP contribution is 2.41. The molecule has 0 aliphatic rings. The summed E-state index contributed by atoms with van der Waals surface area (Å²) in [6.45, 7) is 0. The molecule has 0 bridgehead atoms. The van der Waals surface area contributed by atoms with Crippen LogP contribution in [-0.2, 0) is 0 Å². The predicted molar refractivity (Wildman–Crippen MR) is 256 cm³/mol. The van der Waals surface area contributed by atoms with Crippen molar-refractivity contribution in [2.75, 3.05) is 0 Å². The topological polar surface area (TPSA) is 30.7 Å². The molecule has 0 fully saturated rings. The average molecular weight is 776 g/mol. The highest BCUT2D eigenvalue weighted by atomic mass is 15.0. The molecule has 0 saturated carbocycles. The van der Waals surface area contributed by atoms with Crippen molar-refractivity contribution in [3.63, 3.8) is 0 Å². The van der Waals surface area contributed by atoms with Crippen molar-refractivity contribution in [2.45, 2.75) is 0 Å². The smallest absolute Gasteiger partial charge is 0.0973 e. The summed E-state index contributed by atoms with van der Waals surface area (Å²) in [4.78, 5) is 10.6. The summed E-state index contributed by atoms with van der Waals surface area (Å²) in [5.41, 5.74) is 16.0. The monoisotopic (exact) mass is 775 g/mol. The lowest BCUT2D eigenvalue weighted by molar-refractivity contribution is 1.18. The minimum atomic E-state index is 0.856. The SMILES string of the molecule is c1ccc(-c2cc(-c3ccccc3)cc(-c3ccc(-c4nc5ccccc5nc4-c4ccc(-n5c6ccc7ccccc7c6c6c7ccccc7ccc65)cc4)cc3)c2)cc1. The van der Waals surface area contributed by atoms with Crippen molar-refractivity contribution in [3.05, 3.63) is 224 Å². The van der Waals surface area contributed by atoms with Gasteiger partial charge in [0.2, 0.25) is 0 Å². The van der Waals surface area contributed by atoms with Crippen LogP contribution < -0.4 is 0 Å². The van der Waals surface area contributed by atoms with Gasteiger partial charge in [-0.1, -0.05) is 170 Å². The first kappa shape index (κ1) is 34.9.